The lowest BCUT2D eigenvalue weighted by Crippen LogP contribution is -2.30. The molecule has 0 aliphatic carbocycles. The summed E-state index contributed by atoms with van der Waals surface area (Å²) in [5.41, 5.74) is 6.83. The maximum Gasteiger partial charge on any atom is 0.0167 e. The Hall–Kier alpha value is -0.830. The summed E-state index contributed by atoms with van der Waals surface area (Å²) in [6, 6.07) is 10.4. The van der Waals surface area contributed by atoms with Crippen LogP contribution in [0.25, 0.3) is 6.08 Å². The van der Waals surface area contributed by atoms with E-state index < -0.39 is 0 Å². The first-order valence-electron chi connectivity index (χ1n) is 6.00. The minimum absolute atomic E-state index is 0. The van der Waals surface area contributed by atoms with Gasteiger partial charge in [-0.2, -0.15) is 0 Å². The molecule has 2 nitrogen and oxygen atoms in total. The van der Waals surface area contributed by atoms with Crippen molar-refractivity contribution in [3.63, 3.8) is 0 Å². The summed E-state index contributed by atoms with van der Waals surface area (Å²) in [6.07, 6.45) is 5.55. The van der Waals surface area contributed by atoms with E-state index in [9.17, 15) is 0 Å². The lowest BCUT2D eigenvalue weighted by Gasteiger charge is -2.18. The zero-order chi connectivity index (χ0) is 11.6. The zero-order valence-electron chi connectivity index (χ0n) is 10.5. The minimum atomic E-state index is 0. The smallest absolute Gasteiger partial charge is 0.0167 e. The normalized spacial score (nSPS) is 10.8. The number of rotatable bonds is 7. The second-order valence-corrected chi connectivity index (χ2v) is 3.90. The van der Waals surface area contributed by atoms with Crippen molar-refractivity contribution >= 4 is 18.5 Å². The summed E-state index contributed by atoms with van der Waals surface area (Å²) < 4.78 is 0. The molecule has 0 heterocycles. The molecule has 96 valence electrons. The maximum absolute atomic E-state index is 5.58. The molecular formula is C14H23ClN2. The summed E-state index contributed by atoms with van der Waals surface area (Å²) in [6.45, 7) is 6.02. The van der Waals surface area contributed by atoms with Crippen molar-refractivity contribution in [2.24, 2.45) is 5.73 Å². The van der Waals surface area contributed by atoms with Gasteiger partial charge >= 0.3 is 0 Å². The van der Waals surface area contributed by atoms with Crippen LogP contribution in [-0.4, -0.2) is 31.1 Å². The summed E-state index contributed by atoms with van der Waals surface area (Å²) in [4.78, 5) is 2.37. The standard InChI is InChI=1S/C14H22N2.ClH/c1-2-11-16(13-10-15)12-6-9-14-7-4-3-5-8-14;/h3-9H,2,10-13,15H2,1H3;1H. The van der Waals surface area contributed by atoms with Gasteiger partial charge in [-0.1, -0.05) is 49.4 Å². The van der Waals surface area contributed by atoms with Gasteiger partial charge in [0.25, 0.3) is 0 Å². The van der Waals surface area contributed by atoms with Crippen LogP contribution in [0.15, 0.2) is 36.4 Å². The average Bonchev–Trinajstić information content (AvgIpc) is 2.31. The monoisotopic (exact) mass is 254 g/mol. The Morgan fingerprint density at radius 1 is 1.18 bits per heavy atom. The summed E-state index contributed by atoms with van der Waals surface area (Å²) in [5, 5.41) is 0. The third-order valence-electron chi connectivity index (χ3n) is 2.46. The third kappa shape index (κ3) is 7.16. The number of halogens is 1. The van der Waals surface area contributed by atoms with E-state index in [4.69, 9.17) is 5.73 Å². The number of benzene rings is 1. The van der Waals surface area contributed by atoms with E-state index in [1.165, 1.54) is 12.0 Å². The van der Waals surface area contributed by atoms with Crippen LogP contribution in [0.2, 0.25) is 0 Å². The second-order valence-electron chi connectivity index (χ2n) is 3.90. The SMILES string of the molecule is CCCN(CC=Cc1ccccc1)CCN.Cl. The van der Waals surface area contributed by atoms with Gasteiger partial charge in [-0.05, 0) is 18.5 Å². The minimum Gasteiger partial charge on any atom is -0.329 e. The fourth-order valence-electron chi connectivity index (χ4n) is 1.70. The molecule has 0 amide bonds. The fraction of sp³-hybridized carbons (Fsp3) is 0.429. The van der Waals surface area contributed by atoms with E-state index >= 15 is 0 Å². The Morgan fingerprint density at radius 2 is 1.88 bits per heavy atom. The zero-order valence-corrected chi connectivity index (χ0v) is 11.3. The van der Waals surface area contributed by atoms with Gasteiger partial charge in [0.2, 0.25) is 0 Å². The van der Waals surface area contributed by atoms with Crippen molar-refractivity contribution in [1.82, 2.24) is 4.90 Å². The number of nitrogens with zero attached hydrogens (tertiary/aromatic N) is 1. The molecule has 3 heteroatoms. The molecule has 0 aromatic heterocycles. The quantitative estimate of drug-likeness (QED) is 0.811. The van der Waals surface area contributed by atoms with Crippen molar-refractivity contribution in [2.45, 2.75) is 13.3 Å². The molecular weight excluding hydrogens is 232 g/mol. The molecule has 0 radical (unpaired) electrons. The first kappa shape index (κ1) is 16.2. The van der Waals surface area contributed by atoms with Gasteiger partial charge in [-0.15, -0.1) is 12.4 Å². The van der Waals surface area contributed by atoms with Crippen molar-refractivity contribution in [3.05, 3.63) is 42.0 Å². The summed E-state index contributed by atoms with van der Waals surface area (Å²) in [5.74, 6) is 0. The topological polar surface area (TPSA) is 29.3 Å². The summed E-state index contributed by atoms with van der Waals surface area (Å²) >= 11 is 0. The van der Waals surface area contributed by atoms with Gasteiger partial charge < -0.3 is 5.73 Å². The maximum atomic E-state index is 5.58. The second kappa shape index (κ2) is 10.3. The lowest BCUT2D eigenvalue weighted by molar-refractivity contribution is 0.312. The molecule has 0 bridgehead atoms. The molecule has 0 saturated carbocycles. The van der Waals surface area contributed by atoms with E-state index in [0.29, 0.717) is 0 Å². The Labute approximate surface area is 111 Å². The van der Waals surface area contributed by atoms with Gasteiger partial charge in [0.05, 0.1) is 0 Å². The fourth-order valence-corrected chi connectivity index (χ4v) is 1.70. The van der Waals surface area contributed by atoms with Gasteiger partial charge in [0, 0.05) is 19.6 Å². The van der Waals surface area contributed by atoms with Crippen LogP contribution in [0.5, 0.6) is 0 Å². The van der Waals surface area contributed by atoms with E-state index in [0.717, 1.165) is 26.2 Å². The van der Waals surface area contributed by atoms with Gasteiger partial charge in [-0.25, -0.2) is 0 Å². The van der Waals surface area contributed by atoms with Gasteiger partial charge in [-0.3, -0.25) is 4.90 Å². The molecule has 0 fully saturated rings. The molecule has 2 N–H and O–H groups in total. The Morgan fingerprint density at radius 3 is 2.47 bits per heavy atom. The summed E-state index contributed by atoms with van der Waals surface area (Å²) in [7, 11) is 0. The number of hydrogen-bond acceptors (Lipinski definition) is 2. The molecule has 1 aromatic carbocycles. The lowest BCUT2D eigenvalue weighted by atomic mass is 10.2. The molecule has 1 aromatic rings. The van der Waals surface area contributed by atoms with Crippen LogP contribution in [0.4, 0.5) is 0 Å². The van der Waals surface area contributed by atoms with Crippen LogP contribution in [0.3, 0.4) is 0 Å². The first-order valence-corrected chi connectivity index (χ1v) is 6.00. The van der Waals surface area contributed by atoms with Crippen LogP contribution >= 0.6 is 12.4 Å². The van der Waals surface area contributed by atoms with Crippen molar-refractivity contribution in [2.75, 3.05) is 26.2 Å². The molecule has 0 spiro atoms. The molecule has 0 unspecified atom stereocenters. The van der Waals surface area contributed by atoms with Crippen molar-refractivity contribution in [3.8, 4) is 0 Å². The molecule has 17 heavy (non-hydrogen) atoms. The molecule has 0 saturated heterocycles. The molecule has 0 atom stereocenters. The predicted molar refractivity (Wildman–Crippen MR) is 78.5 cm³/mol. The van der Waals surface area contributed by atoms with E-state index in [1.807, 2.05) is 6.07 Å². The van der Waals surface area contributed by atoms with E-state index in [2.05, 4.69) is 48.2 Å². The van der Waals surface area contributed by atoms with Crippen LogP contribution in [-0.2, 0) is 0 Å². The highest BCUT2D eigenvalue weighted by atomic mass is 35.5. The van der Waals surface area contributed by atoms with Crippen LogP contribution in [0, 0.1) is 0 Å². The largest absolute Gasteiger partial charge is 0.329 e. The molecule has 1 rings (SSSR count). The van der Waals surface area contributed by atoms with Crippen LogP contribution in [0.1, 0.15) is 18.9 Å². The highest BCUT2D eigenvalue weighted by Crippen LogP contribution is 2.01. The first-order chi connectivity index (χ1) is 7.86. The number of nitrogens with two attached hydrogens (primary N) is 1. The average molecular weight is 255 g/mol. The van der Waals surface area contributed by atoms with E-state index in [1.54, 1.807) is 0 Å². The van der Waals surface area contributed by atoms with E-state index in [-0.39, 0.29) is 12.4 Å². The highest BCUT2D eigenvalue weighted by Gasteiger charge is 1.98. The third-order valence-corrected chi connectivity index (χ3v) is 2.46. The van der Waals surface area contributed by atoms with Crippen molar-refractivity contribution < 1.29 is 0 Å². The Kier molecular flexibility index (Phi) is 9.83. The Bertz CT molecular complexity index is 292. The number of hydrogen-bond donors (Lipinski definition) is 1. The predicted octanol–water partition coefficient (Wildman–Crippen LogP) is 2.79. The van der Waals surface area contributed by atoms with Crippen molar-refractivity contribution in [1.29, 1.82) is 0 Å². The molecule has 0 aliphatic heterocycles. The van der Waals surface area contributed by atoms with Gasteiger partial charge in [0.1, 0.15) is 0 Å². The molecule has 0 aliphatic rings. The highest BCUT2D eigenvalue weighted by molar-refractivity contribution is 5.85. The van der Waals surface area contributed by atoms with Crippen LogP contribution < -0.4 is 5.73 Å². The van der Waals surface area contributed by atoms with Gasteiger partial charge in [0.15, 0.2) is 0 Å². The Balaban J connectivity index is 0.00000256.